The van der Waals surface area contributed by atoms with Gasteiger partial charge in [-0.2, -0.15) is 0 Å². The summed E-state index contributed by atoms with van der Waals surface area (Å²) in [5.41, 5.74) is 7.62. The summed E-state index contributed by atoms with van der Waals surface area (Å²) in [6, 6.07) is 4.00. The molecule has 2 heterocycles. The van der Waals surface area contributed by atoms with E-state index in [4.69, 9.17) is 5.73 Å². The number of rotatable bonds is 1. The Morgan fingerprint density at radius 1 is 1.21 bits per heavy atom. The molecule has 3 nitrogen and oxygen atoms in total. The van der Waals surface area contributed by atoms with Crippen LogP contribution in [-0.4, -0.2) is 9.97 Å². The predicted octanol–water partition coefficient (Wildman–Crippen LogP) is 2.52. The molecule has 0 unspecified atom stereocenters. The van der Waals surface area contributed by atoms with Crippen molar-refractivity contribution in [3.05, 3.63) is 30.2 Å². The molecule has 5 heteroatoms. The van der Waals surface area contributed by atoms with E-state index in [-0.39, 0.29) is 12.4 Å². The first kappa shape index (κ1) is 10.9. The van der Waals surface area contributed by atoms with E-state index < -0.39 is 0 Å². The Morgan fingerprint density at radius 2 is 2.00 bits per heavy atom. The highest BCUT2D eigenvalue weighted by Gasteiger charge is 2.01. The third-order valence-corrected chi connectivity index (χ3v) is 2.60. The van der Waals surface area contributed by atoms with E-state index in [1.54, 1.807) is 6.20 Å². The number of aromatic nitrogens is 2. The topological polar surface area (TPSA) is 51.8 Å². The van der Waals surface area contributed by atoms with Gasteiger partial charge in [-0.3, -0.25) is 4.98 Å². The van der Waals surface area contributed by atoms with Crippen LogP contribution in [0.5, 0.6) is 0 Å². The van der Waals surface area contributed by atoms with Crippen LogP contribution in [-0.2, 0) is 0 Å². The molecule has 74 valence electrons. The molecule has 14 heavy (non-hydrogen) atoms. The Balaban J connectivity index is 0.000000980. The van der Waals surface area contributed by atoms with Gasteiger partial charge in [0.1, 0.15) is 0 Å². The zero-order valence-corrected chi connectivity index (χ0v) is 9.23. The third kappa shape index (κ3) is 2.21. The van der Waals surface area contributed by atoms with Gasteiger partial charge in [-0.05, 0) is 13.0 Å². The molecule has 0 saturated heterocycles. The number of halogens is 1. The minimum absolute atomic E-state index is 0. The standard InChI is InChI=1S/C9H9N3S.ClH/c1-6-2-3-7(4-11-6)8-5-12-9(10)13-8;/h2-5H,1H3,(H2,10,12);1H. The Kier molecular flexibility index (Phi) is 3.43. The average molecular weight is 228 g/mol. The molecule has 0 aliphatic carbocycles. The van der Waals surface area contributed by atoms with Crippen LogP contribution in [0.3, 0.4) is 0 Å². The Morgan fingerprint density at radius 3 is 2.50 bits per heavy atom. The number of aryl methyl sites for hydroxylation is 1. The number of pyridine rings is 1. The first-order valence-electron chi connectivity index (χ1n) is 3.90. The molecule has 0 aliphatic rings. The van der Waals surface area contributed by atoms with Gasteiger partial charge in [-0.15, -0.1) is 12.4 Å². The van der Waals surface area contributed by atoms with Gasteiger partial charge in [0.2, 0.25) is 0 Å². The molecule has 0 spiro atoms. The van der Waals surface area contributed by atoms with Crippen molar-refractivity contribution in [2.75, 3.05) is 5.73 Å². The molecule has 2 aromatic heterocycles. The summed E-state index contributed by atoms with van der Waals surface area (Å²) in [5, 5.41) is 0.593. The van der Waals surface area contributed by atoms with Gasteiger partial charge in [0, 0.05) is 23.7 Å². The zero-order chi connectivity index (χ0) is 9.26. The second kappa shape index (κ2) is 4.39. The minimum atomic E-state index is 0. The van der Waals surface area contributed by atoms with Crippen molar-refractivity contribution in [1.82, 2.24) is 9.97 Å². The van der Waals surface area contributed by atoms with E-state index in [9.17, 15) is 0 Å². The van der Waals surface area contributed by atoms with Crippen LogP contribution in [0.15, 0.2) is 24.5 Å². The van der Waals surface area contributed by atoms with Crippen molar-refractivity contribution in [1.29, 1.82) is 0 Å². The van der Waals surface area contributed by atoms with E-state index >= 15 is 0 Å². The van der Waals surface area contributed by atoms with Crippen LogP contribution >= 0.6 is 23.7 Å². The normalized spacial score (nSPS) is 9.50. The van der Waals surface area contributed by atoms with Crippen molar-refractivity contribution in [3.8, 4) is 10.4 Å². The van der Waals surface area contributed by atoms with Gasteiger partial charge in [0.25, 0.3) is 0 Å². The van der Waals surface area contributed by atoms with Gasteiger partial charge in [0.15, 0.2) is 5.13 Å². The highest BCUT2D eigenvalue weighted by Crippen LogP contribution is 2.26. The van der Waals surface area contributed by atoms with Crippen molar-refractivity contribution in [2.45, 2.75) is 6.92 Å². The van der Waals surface area contributed by atoms with Gasteiger partial charge in [-0.1, -0.05) is 17.4 Å². The lowest BCUT2D eigenvalue weighted by molar-refractivity contribution is 1.20. The molecule has 2 N–H and O–H groups in total. The maximum atomic E-state index is 5.53. The number of nitrogen functional groups attached to an aromatic ring is 1. The molecule has 0 bridgehead atoms. The molecular formula is C9H10ClN3S. The quantitative estimate of drug-likeness (QED) is 0.815. The Bertz CT molecular complexity index is 410. The molecular weight excluding hydrogens is 218 g/mol. The summed E-state index contributed by atoms with van der Waals surface area (Å²) >= 11 is 1.47. The fourth-order valence-corrected chi connectivity index (χ4v) is 1.71. The second-order valence-corrected chi connectivity index (χ2v) is 3.81. The second-order valence-electron chi connectivity index (χ2n) is 2.75. The fraction of sp³-hybridized carbons (Fsp3) is 0.111. The van der Waals surface area contributed by atoms with E-state index in [2.05, 4.69) is 9.97 Å². The monoisotopic (exact) mass is 227 g/mol. The highest BCUT2D eigenvalue weighted by molar-refractivity contribution is 7.18. The highest BCUT2D eigenvalue weighted by atomic mass is 35.5. The lowest BCUT2D eigenvalue weighted by Gasteiger charge is -1.95. The number of hydrogen-bond donors (Lipinski definition) is 1. The molecule has 0 atom stereocenters. The van der Waals surface area contributed by atoms with Gasteiger partial charge >= 0.3 is 0 Å². The molecule has 2 aromatic rings. The largest absolute Gasteiger partial charge is 0.375 e. The van der Waals surface area contributed by atoms with E-state index in [1.807, 2.05) is 25.3 Å². The molecule has 0 fully saturated rings. The SMILES string of the molecule is Cc1ccc(-c2cnc(N)s2)cn1.Cl. The van der Waals surface area contributed by atoms with Crippen molar-refractivity contribution >= 4 is 28.9 Å². The number of thiazole rings is 1. The maximum Gasteiger partial charge on any atom is 0.180 e. The molecule has 0 saturated carbocycles. The number of hydrogen-bond acceptors (Lipinski definition) is 4. The van der Waals surface area contributed by atoms with Crippen molar-refractivity contribution in [3.63, 3.8) is 0 Å². The van der Waals surface area contributed by atoms with E-state index in [0.717, 1.165) is 16.1 Å². The van der Waals surface area contributed by atoms with Crippen LogP contribution in [0.2, 0.25) is 0 Å². The summed E-state index contributed by atoms with van der Waals surface area (Å²) < 4.78 is 0. The van der Waals surface area contributed by atoms with Crippen molar-refractivity contribution in [2.24, 2.45) is 0 Å². The molecule has 0 aromatic carbocycles. The smallest absolute Gasteiger partial charge is 0.180 e. The molecule has 2 rings (SSSR count). The van der Waals surface area contributed by atoms with Gasteiger partial charge in [-0.25, -0.2) is 4.98 Å². The van der Waals surface area contributed by atoms with Crippen molar-refractivity contribution < 1.29 is 0 Å². The Hall–Kier alpha value is -1.13. The first-order chi connectivity index (χ1) is 6.25. The summed E-state index contributed by atoms with van der Waals surface area (Å²) in [5.74, 6) is 0. The summed E-state index contributed by atoms with van der Waals surface area (Å²) in [6.07, 6.45) is 3.61. The van der Waals surface area contributed by atoms with E-state index in [1.165, 1.54) is 11.3 Å². The summed E-state index contributed by atoms with van der Waals surface area (Å²) in [6.45, 7) is 1.96. The average Bonchev–Trinajstić information content (AvgIpc) is 2.53. The molecule has 0 radical (unpaired) electrons. The van der Waals surface area contributed by atoms with Crippen LogP contribution in [0, 0.1) is 6.92 Å². The van der Waals surface area contributed by atoms with Crippen LogP contribution < -0.4 is 5.73 Å². The maximum absolute atomic E-state index is 5.53. The Labute approximate surface area is 92.4 Å². The predicted molar refractivity (Wildman–Crippen MR) is 61.7 cm³/mol. The lowest BCUT2D eigenvalue weighted by Crippen LogP contribution is -1.79. The van der Waals surface area contributed by atoms with Gasteiger partial charge < -0.3 is 5.73 Å². The van der Waals surface area contributed by atoms with Crippen LogP contribution in [0.4, 0.5) is 5.13 Å². The minimum Gasteiger partial charge on any atom is -0.375 e. The molecule has 0 amide bonds. The molecule has 0 aliphatic heterocycles. The third-order valence-electron chi connectivity index (χ3n) is 1.72. The summed E-state index contributed by atoms with van der Waals surface area (Å²) in [4.78, 5) is 9.25. The van der Waals surface area contributed by atoms with E-state index in [0.29, 0.717) is 5.13 Å². The zero-order valence-electron chi connectivity index (χ0n) is 7.60. The first-order valence-corrected chi connectivity index (χ1v) is 4.72. The number of nitrogens with two attached hydrogens (primary N) is 1. The van der Waals surface area contributed by atoms with Crippen LogP contribution in [0.25, 0.3) is 10.4 Å². The lowest BCUT2D eigenvalue weighted by atomic mass is 10.2. The van der Waals surface area contributed by atoms with Gasteiger partial charge in [0.05, 0.1) is 4.88 Å². The fourth-order valence-electron chi connectivity index (χ4n) is 1.03. The summed E-state index contributed by atoms with van der Waals surface area (Å²) in [7, 11) is 0. The van der Waals surface area contributed by atoms with Crippen LogP contribution in [0.1, 0.15) is 5.69 Å². The number of nitrogens with zero attached hydrogens (tertiary/aromatic N) is 2. The number of anilines is 1.